The molecule has 0 aromatic rings. The van der Waals surface area contributed by atoms with Crippen molar-refractivity contribution in [3.8, 4) is 0 Å². The second-order valence-electron chi connectivity index (χ2n) is 9.37. The zero-order valence-electron chi connectivity index (χ0n) is 19.4. The second-order valence-corrected chi connectivity index (χ2v) is 9.37. The van der Waals surface area contributed by atoms with Crippen LogP contribution in [0.5, 0.6) is 0 Å². The van der Waals surface area contributed by atoms with Gasteiger partial charge in [0.05, 0.1) is 27.7 Å². The van der Waals surface area contributed by atoms with E-state index in [1.54, 1.807) is 0 Å². The van der Waals surface area contributed by atoms with E-state index in [-0.39, 0.29) is 17.0 Å². The first-order chi connectivity index (χ1) is 12.6. The minimum absolute atomic E-state index is 0. The SMILES string of the molecule is CCCCCCCC/C=C\CCCCCCCCCCCC[N+](C)(C)C.[Br-]. The average molecular weight is 447 g/mol. The smallest absolute Gasteiger partial charge is 0.0780 e. The number of hydrogen-bond donors (Lipinski definition) is 0. The van der Waals surface area contributed by atoms with Crippen LogP contribution >= 0.6 is 0 Å². The summed E-state index contributed by atoms with van der Waals surface area (Å²) in [5.74, 6) is 0. The van der Waals surface area contributed by atoms with Crippen molar-refractivity contribution in [3.05, 3.63) is 12.2 Å². The molecule has 0 aromatic carbocycles. The molecule has 164 valence electrons. The Morgan fingerprint density at radius 3 is 1.19 bits per heavy atom. The van der Waals surface area contributed by atoms with E-state index in [2.05, 4.69) is 40.2 Å². The fraction of sp³-hybridized carbons (Fsp3) is 0.920. The number of nitrogens with zero attached hydrogens (tertiary/aromatic N) is 1. The van der Waals surface area contributed by atoms with Crippen molar-refractivity contribution >= 4 is 0 Å². The van der Waals surface area contributed by atoms with Gasteiger partial charge in [-0.3, -0.25) is 0 Å². The molecule has 2 heteroatoms. The van der Waals surface area contributed by atoms with E-state index < -0.39 is 0 Å². The Kier molecular flexibility index (Phi) is 24.5. The normalized spacial score (nSPS) is 11.9. The van der Waals surface area contributed by atoms with Gasteiger partial charge in [0, 0.05) is 0 Å². The maximum atomic E-state index is 2.43. The number of rotatable bonds is 20. The highest BCUT2D eigenvalue weighted by atomic mass is 79.9. The molecule has 0 N–H and O–H groups in total. The van der Waals surface area contributed by atoms with Gasteiger partial charge in [-0.25, -0.2) is 0 Å². The zero-order chi connectivity index (χ0) is 19.3. The Hall–Kier alpha value is 0.180. The van der Waals surface area contributed by atoms with Crippen molar-refractivity contribution in [2.75, 3.05) is 27.7 Å². The largest absolute Gasteiger partial charge is 1.00 e. The van der Waals surface area contributed by atoms with E-state index in [9.17, 15) is 0 Å². The molecule has 0 atom stereocenters. The fourth-order valence-corrected chi connectivity index (χ4v) is 3.54. The molecule has 0 aromatic heterocycles. The van der Waals surface area contributed by atoms with Crippen LogP contribution in [-0.4, -0.2) is 32.2 Å². The van der Waals surface area contributed by atoms with E-state index in [0.717, 1.165) is 4.48 Å². The Labute approximate surface area is 183 Å². The quantitative estimate of drug-likeness (QED) is 0.135. The highest BCUT2D eigenvalue weighted by Crippen LogP contribution is 2.12. The molecule has 0 heterocycles. The first-order valence-corrected chi connectivity index (χ1v) is 12.0. The van der Waals surface area contributed by atoms with Crippen molar-refractivity contribution in [1.82, 2.24) is 0 Å². The van der Waals surface area contributed by atoms with Gasteiger partial charge in [-0.05, 0) is 38.5 Å². The molecule has 0 aliphatic carbocycles. The van der Waals surface area contributed by atoms with Crippen molar-refractivity contribution < 1.29 is 21.5 Å². The second kappa shape index (κ2) is 22.5. The summed E-state index contributed by atoms with van der Waals surface area (Å²) in [5.41, 5.74) is 0. The molecule has 27 heavy (non-hydrogen) atoms. The predicted molar refractivity (Wildman–Crippen MR) is 121 cm³/mol. The van der Waals surface area contributed by atoms with Crippen LogP contribution in [0.15, 0.2) is 12.2 Å². The monoisotopic (exact) mass is 445 g/mol. The molecule has 0 aliphatic rings. The number of allylic oxidation sites excluding steroid dienone is 2. The summed E-state index contributed by atoms with van der Waals surface area (Å²) in [6.45, 7) is 3.62. The summed E-state index contributed by atoms with van der Waals surface area (Å²) in [7, 11) is 6.89. The van der Waals surface area contributed by atoms with Gasteiger partial charge in [-0.1, -0.05) is 96.1 Å². The van der Waals surface area contributed by atoms with Crippen LogP contribution in [-0.2, 0) is 0 Å². The standard InChI is InChI=1S/C25H52N.BrH/c1-5-6-7-8-9-10-11-12-13-14-15-16-17-18-19-20-21-22-23-24-25-26(2,3)4;/h12-13H,5-11,14-25H2,1-4H3;1H/q+1;/p-1/b13-12-;. The molecular formula is C25H52BrN. The minimum Gasteiger partial charge on any atom is -1.00 e. The molecule has 0 fully saturated rings. The Balaban J connectivity index is 0. The maximum Gasteiger partial charge on any atom is 0.0780 e. The lowest BCUT2D eigenvalue weighted by Crippen LogP contribution is -3.00. The predicted octanol–water partition coefficient (Wildman–Crippen LogP) is 5.29. The average Bonchev–Trinajstić information content (AvgIpc) is 2.59. The van der Waals surface area contributed by atoms with E-state index in [1.165, 1.54) is 122 Å². The molecule has 0 amide bonds. The lowest BCUT2D eigenvalue weighted by molar-refractivity contribution is -0.870. The van der Waals surface area contributed by atoms with Crippen LogP contribution < -0.4 is 17.0 Å². The summed E-state index contributed by atoms with van der Waals surface area (Å²) in [4.78, 5) is 0. The number of quaternary nitrogens is 1. The van der Waals surface area contributed by atoms with Gasteiger partial charge in [-0.2, -0.15) is 0 Å². The number of halogens is 1. The van der Waals surface area contributed by atoms with Crippen LogP contribution in [0, 0.1) is 0 Å². The summed E-state index contributed by atoms with van der Waals surface area (Å²) in [5, 5.41) is 0. The third-order valence-electron chi connectivity index (χ3n) is 5.34. The lowest BCUT2D eigenvalue weighted by atomic mass is 10.1. The van der Waals surface area contributed by atoms with Crippen LogP contribution in [0.3, 0.4) is 0 Å². The molecular weight excluding hydrogens is 394 g/mol. The van der Waals surface area contributed by atoms with Gasteiger partial charge < -0.3 is 21.5 Å². The Morgan fingerprint density at radius 1 is 0.481 bits per heavy atom. The van der Waals surface area contributed by atoms with Gasteiger partial charge in [0.25, 0.3) is 0 Å². The van der Waals surface area contributed by atoms with Crippen LogP contribution in [0.4, 0.5) is 0 Å². The first-order valence-electron chi connectivity index (χ1n) is 12.0. The number of unbranched alkanes of at least 4 members (excludes halogenated alkanes) is 16. The highest BCUT2D eigenvalue weighted by Gasteiger charge is 2.04. The molecule has 0 radical (unpaired) electrons. The molecule has 0 bridgehead atoms. The summed E-state index contributed by atoms with van der Waals surface area (Å²) in [6.07, 6.45) is 30.4. The van der Waals surface area contributed by atoms with Gasteiger partial charge in [0.15, 0.2) is 0 Å². The van der Waals surface area contributed by atoms with Gasteiger partial charge >= 0.3 is 0 Å². The van der Waals surface area contributed by atoms with E-state index in [1.807, 2.05) is 0 Å². The third-order valence-corrected chi connectivity index (χ3v) is 5.34. The molecule has 0 unspecified atom stereocenters. The highest BCUT2D eigenvalue weighted by molar-refractivity contribution is 4.81. The van der Waals surface area contributed by atoms with Crippen LogP contribution in [0.1, 0.15) is 122 Å². The first kappa shape index (κ1) is 29.4. The van der Waals surface area contributed by atoms with Crippen molar-refractivity contribution in [1.29, 1.82) is 0 Å². The lowest BCUT2D eigenvalue weighted by Gasteiger charge is -2.23. The molecule has 0 saturated carbocycles. The summed E-state index contributed by atoms with van der Waals surface area (Å²) >= 11 is 0. The molecule has 0 rings (SSSR count). The van der Waals surface area contributed by atoms with Gasteiger partial charge in [-0.15, -0.1) is 0 Å². The van der Waals surface area contributed by atoms with Crippen molar-refractivity contribution in [2.24, 2.45) is 0 Å². The van der Waals surface area contributed by atoms with Gasteiger partial charge in [0.2, 0.25) is 0 Å². The van der Waals surface area contributed by atoms with Gasteiger partial charge in [0.1, 0.15) is 0 Å². The molecule has 1 nitrogen and oxygen atoms in total. The Morgan fingerprint density at radius 2 is 0.815 bits per heavy atom. The van der Waals surface area contributed by atoms with Crippen LogP contribution in [0.25, 0.3) is 0 Å². The fourth-order valence-electron chi connectivity index (χ4n) is 3.54. The number of hydrogen-bond acceptors (Lipinski definition) is 0. The van der Waals surface area contributed by atoms with Crippen molar-refractivity contribution in [2.45, 2.75) is 122 Å². The van der Waals surface area contributed by atoms with E-state index in [0.29, 0.717) is 0 Å². The molecule has 0 aliphatic heterocycles. The zero-order valence-corrected chi connectivity index (χ0v) is 21.0. The molecule has 0 saturated heterocycles. The Bertz CT molecular complexity index is 293. The van der Waals surface area contributed by atoms with E-state index >= 15 is 0 Å². The van der Waals surface area contributed by atoms with Crippen LogP contribution in [0.2, 0.25) is 0 Å². The van der Waals surface area contributed by atoms with E-state index in [4.69, 9.17) is 0 Å². The summed E-state index contributed by atoms with van der Waals surface area (Å²) < 4.78 is 1.12. The molecule has 0 spiro atoms. The minimum atomic E-state index is 0. The summed E-state index contributed by atoms with van der Waals surface area (Å²) in [6, 6.07) is 0. The maximum absolute atomic E-state index is 2.43. The third kappa shape index (κ3) is 28.5. The topological polar surface area (TPSA) is 0 Å². The van der Waals surface area contributed by atoms with Crippen molar-refractivity contribution in [3.63, 3.8) is 0 Å².